The zero-order chi connectivity index (χ0) is 20.9. The molecule has 1 amide bonds. The van der Waals surface area contributed by atoms with Gasteiger partial charge >= 0.3 is 0 Å². The van der Waals surface area contributed by atoms with Crippen LogP contribution in [-0.2, 0) is 11.3 Å². The van der Waals surface area contributed by atoms with Gasteiger partial charge in [-0.3, -0.25) is 19.4 Å². The molecule has 0 saturated carbocycles. The van der Waals surface area contributed by atoms with Crippen molar-refractivity contribution in [3.63, 3.8) is 0 Å². The number of carbonyl (C=O) groups excluding carboxylic acids is 1. The Morgan fingerprint density at radius 2 is 1.93 bits per heavy atom. The second-order valence-corrected chi connectivity index (χ2v) is 8.05. The number of aromatic nitrogens is 5. The number of nitrogens with one attached hydrogen (secondary N) is 1. The Hall–Kier alpha value is -2.90. The summed E-state index contributed by atoms with van der Waals surface area (Å²) in [6, 6.07) is 1.85. The Morgan fingerprint density at radius 3 is 2.62 bits per heavy atom. The molecule has 29 heavy (non-hydrogen) atoms. The lowest BCUT2D eigenvalue weighted by molar-refractivity contribution is -0.132. The van der Waals surface area contributed by atoms with Crippen LogP contribution in [-0.4, -0.2) is 41.7 Å². The van der Waals surface area contributed by atoms with Gasteiger partial charge in [0, 0.05) is 42.5 Å². The predicted octanol–water partition coefficient (Wildman–Crippen LogP) is 2.52. The molecule has 0 unspecified atom stereocenters. The molecule has 3 aromatic heterocycles. The summed E-state index contributed by atoms with van der Waals surface area (Å²) in [6.07, 6.45) is 2.24. The fraction of sp³-hybridized carbons (Fsp3) is 0.524. The molecular formula is C21H28N6O2. The Kier molecular flexibility index (Phi) is 4.80. The van der Waals surface area contributed by atoms with Gasteiger partial charge in [-0.1, -0.05) is 0 Å². The van der Waals surface area contributed by atoms with Crippen LogP contribution in [0.15, 0.2) is 10.9 Å². The summed E-state index contributed by atoms with van der Waals surface area (Å²) >= 11 is 0. The summed E-state index contributed by atoms with van der Waals surface area (Å²) in [7, 11) is 0. The van der Waals surface area contributed by atoms with Crippen LogP contribution >= 0.6 is 0 Å². The van der Waals surface area contributed by atoms with Crippen molar-refractivity contribution < 1.29 is 4.79 Å². The van der Waals surface area contributed by atoms with Crippen LogP contribution < -0.4 is 5.56 Å². The third-order valence-corrected chi connectivity index (χ3v) is 6.32. The smallest absolute Gasteiger partial charge is 0.275 e. The Bertz CT molecular complexity index is 1150. The maximum atomic E-state index is 13.0. The van der Waals surface area contributed by atoms with E-state index in [2.05, 4.69) is 22.1 Å². The monoisotopic (exact) mass is 396 g/mol. The van der Waals surface area contributed by atoms with E-state index in [1.54, 1.807) is 6.92 Å². The Labute approximate surface area is 169 Å². The molecule has 0 radical (unpaired) electrons. The third-order valence-electron chi connectivity index (χ3n) is 6.32. The number of hydrogen-bond donors (Lipinski definition) is 1. The highest BCUT2D eigenvalue weighted by atomic mass is 16.2. The van der Waals surface area contributed by atoms with Crippen molar-refractivity contribution in [3.05, 3.63) is 50.3 Å². The third kappa shape index (κ3) is 3.26. The largest absolute Gasteiger partial charge is 0.334 e. The first-order valence-electron chi connectivity index (χ1n) is 10.2. The molecule has 0 bridgehead atoms. The predicted molar refractivity (Wildman–Crippen MR) is 110 cm³/mol. The van der Waals surface area contributed by atoms with Gasteiger partial charge in [0.05, 0.1) is 17.4 Å². The number of hydrogen-bond acceptors (Lipinski definition) is 4. The van der Waals surface area contributed by atoms with Crippen LogP contribution in [0.4, 0.5) is 0 Å². The standard InChI is InChI=1S/C21H28N6O2/c1-12-15(4)23-26(16(12)5)10-8-20(28)25-9-6-7-18(25)17-11-19-22-14(3)13(2)21(29)27(19)24-17/h11,18,24H,6-10H2,1-5H3/t18-/m0/s1. The molecule has 8 heteroatoms. The topological polar surface area (TPSA) is 88.3 Å². The van der Waals surface area contributed by atoms with Gasteiger partial charge in [0.15, 0.2) is 5.65 Å². The van der Waals surface area contributed by atoms with Crippen molar-refractivity contribution in [1.82, 2.24) is 29.3 Å². The lowest BCUT2D eigenvalue weighted by Crippen LogP contribution is -2.31. The fourth-order valence-corrected chi connectivity index (χ4v) is 4.15. The number of fused-ring (bicyclic) bond motifs is 1. The number of amides is 1. The molecule has 4 rings (SSSR count). The van der Waals surface area contributed by atoms with Crippen LogP contribution in [0.1, 0.15) is 59.2 Å². The maximum Gasteiger partial charge on any atom is 0.275 e. The van der Waals surface area contributed by atoms with Crippen LogP contribution in [0, 0.1) is 34.6 Å². The van der Waals surface area contributed by atoms with Gasteiger partial charge in [-0.2, -0.15) is 5.10 Å². The Morgan fingerprint density at radius 1 is 1.17 bits per heavy atom. The minimum absolute atomic E-state index is 0.0496. The minimum atomic E-state index is -0.0884. The molecule has 0 spiro atoms. The van der Waals surface area contributed by atoms with E-state index in [1.165, 1.54) is 10.1 Å². The van der Waals surface area contributed by atoms with E-state index in [0.29, 0.717) is 24.2 Å². The summed E-state index contributed by atoms with van der Waals surface area (Å²) in [6.45, 7) is 11.0. The first-order chi connectivity index (χ1) is 13.8. The van der Waals surface area contributed by atoms with Crippen molar-refractivity contribution in [2.75, 3.05) is 6.54 Å². The fourth-order valence-electron chi connectivity index (χ4n) is 4.15. The lowest BCUT2D eigenvalue weighted by atomic mass is 10.1. The molecular weight excluding hydrogens is 368 g/mol. The first kappa shape index (κ1) is 19.4. The second-order valence-electron chi connectivity index (χ2n) is 8.05. The minimum Gasteiger partial charge on any atom is -0.334 e. The number of aryl methyl sites for hydroxylation is 3. The number of likely N-dealkylation sites (tertiary alicyclic amines) is 1. The van der Waals surface area contributed by atoms with E-state index in [4.69, 9.17) is 0 Å². The van der Waals surface area contributed by atoms with E-state index in [-0.39, 0.29) is 17.5 Å². The normalized spacial score (nSPS) is 16.9. The molecule has 1 atom stereocenters. The molecule has 4 heterocycles. The number of aromatic amines is 1. The zero-order valence-electron chi connectivity index (χ0n) is 17.7. The van der Waals surface area contributed by atoms with Gasteiger partial charge in [-0.05, 0) is 53.0 Å². The molecule has 1 aliphatic rings. The van der Waals surface area contributed by atoms with E-state index < -0.39 is 0 Å². The van der Waals surface area contributed by atoms with Crippen molar-refractivity contribution in [1.29, 1.82) is 0 Å². The highest BCUT2D eigenvalue weighted by Crippen LogP contribution is 2.32. The van der Waals surface area contributed by atoms with Crippen LogP contribution in [0.2, 0.25) is 0 Å². The second kappa shape index (κ2) is 7.17. The molecule has 154 valence electrons. The number of nitrogens with zero attached hydrogens (tertiary/aromatic N) is 5. The molecule has 3 aromatic rings. The SMILES string of the molecule is Cc1nn(CCC(=O)N2CCC[C@H]2c2cc3nc(C)c(C)c(=O)n3[nH]2)c(C)c1C. The summed E-state index contributed by atoms with van der Waals surface area (Å²) in [5.74, 6) is 0.115. The quantitative estimate of drug-likeness (QED) is 0.734. The van der Waals surface area contributed by atoms with Gasteiger partial charge in [-0.15, -0.1) is 0 Å². The highest BCUT2D eigenvalue weighted by Gasteiger charge is 2.31. The van der Waals surface area contributed by atoms with E-state index in [0.717, 1.165) is 42.2 Å². The molecule has 1 saturated heterocycles. The molecule has 1 fully saturated rings. The van der Waals surface area contributed by atoms with Crippen molar-refractivity contribution in [3.8, 4) is 0 Å². The number of carbonyl (C=O) groups is 1. The maximum absolute atomic E-state index is 13.0. The van der Waals surface area contributed by atoms with Gasteiger partial charge in [0.2, 0.25) is 5.91 Å². The van der Waals surface area contributed by atoms with E-state index >= 15 is 0 Å². The van der Waals surface area contributed by atoms with Gasteiger partial charge in [0.1, 0.15) is 0 Å². The summed E-state index contributed by atoms with van der Waals surface area (Å²) in [5, 5.41) is 7.72. The van der Waals surface area contributed by atoms with Crippen LogP contribution in [0.25, 0.3) is 5.65 Å². The van der Waals surface area contributed by atoms with Gasteiger partial charge < -0.3 is 4.90 Å². The summed E-state index contributed by atoms with van der Waals surface area (Å²) in [4.78, 5) is 31.9. The zero-order valence-corrected chi connectivity index (χ0v) is 17.7. The molecule has 8 nitrogen and oxygen atoms in total. The van der Waals surface area contributed by atoms with Gasteiger partial charge in [0.25, 0.3) is 5.56 Å². The molecule has 1 N–H and O–H groups in total. The molecule has 0 aliphatic carbocycles. The van der Waals surface area contributed by atoms with Crippen molar-refractivity contribution >= 4 is 11.6 Å². The van der Waals surface area contributed by atoms with E-state index in [9.17, 15) is 9.59 Å². The highest BCUT2D eigenvalue weighted by molar-refractivity contribution is 5.77. The van der Waals surface area contributed by atoms with E-state index in [1.807, 2.05) is 36.4 Å². The molecule has 1 aliphatic heterocycles. The first-order valence-corrected chi connectivity index (χ1v) is 10.2. The average Bonchev–Trinajstić information content (AvgIpc) is 3.39. The number of rotatable bonds is 4. The van der Waals surface area contributed by atoms with Crippen molar-refractivity contribution in [2.24, 2.45) is 0 Å². The van der Waals surface area contributed by atoms with Crippen LogP contribution in [0.5, 0.6) is 0 Å². The molecule has 0 aromatic carbocycles. The van der Waals surface area contributed by atoms with Crippen molar-refractivity contribution in [2.45, 2.75) is 66.5 Å². The summed E-state index contributed by atoms with van der Waals surface area (Å²) < 4.78 is 3.41. The average molecular weight is 396 g/mol. The summed E-state index contributed by atoms with van der Waals surface area (Å²) in [5.41, 5.74) is 6.05. The lowest BCUT2D eigenvalue weighted by Gasteiger charge is -2.24. The van der Waals surface area contributed by atoms with Crippen LogP contribution in [0.3, 0.4) is 0 Å². The van der Waals surface area contributed by atoms with Gasteiger partial charge in [-0.25, -0.2) is 9.50 Å². The Balaban J connectivity index is 1.55. The number of H-pyrrole nitrogens is 1.